The van der Waals surface area contributed by atoms with Crippen molar-refractivity contribution in [3.8, 4) is 5.75 Å². The summed E-state index contributed by atoms with van der Waals surface area (Å²) >= 11 is 0. The maximum atomic E-state index is 14.7. The maximum Gasteiger partial charge on any atom is 0.419 e. The van der Waals surface area contributed by atoms with Gasteiger partial charge in [-0.3, -0.25) is 0 Å². The Balaban J connectivity index is 1.25. The van der Waals surface area contributed by atoms with Gasteiger partial charge >= 0.3 is 12.3 Å². The standard InChI is InChI=1S/C31H34F8O/c1-2-3-21-16-27(33)29(28(34)17-21)22-10-6-19(7-11-22)4-5-20-8-12-23(13-9-20)31(38,39)40-24-14-15-25(26(32)18-24)30(35,36)37/h4-5,14-20,22-23H,2-3,6-13H2,1H3/b5-4+. The first-order valence-corrected chi connectivity index (χ1v) is 14.0. The van der Waals surface area contributed by atoms with E-state index in [1.165, 1.54) is 12.1 Å². The van der Waals surface area contributed by atoms with Gasteiger partial charge in [-0.15, -0.1) is 0 Å². The molecular formula is C31H34F8O. The molecule has 0 radical (unpaired) electrons. The topological polar surface area (TPSA) is 9.23 Å². The van der Waals surface area contributed by atoms with E-state index in [0.717, 1.165) is 19.3 Å². The number of alkyl halides is 5. The molecule has 2 saturated carbocycles. The molecule has 0 N–H and O–H groups in total. The van der Waals surface area contributed by atoms with Gasteiger partial charge < -0.3 is 4.74 Å². The molecule has 2 aliphatic rings. The van der Waals surface area contributed by atoms with E-state index in [1.54, 1.807) is 0 Å². The molecule has 2 aromatic carbocycles. The van der Waals surface area contributed by atoms with Gasteiger partial charge in [0.1, 0.15) is 23.2 Å². The Labute approximate surface area is 229 Å². The summed E-state index contributed by atoms with van der Waals surface area (Å²) in [7, 11) is 0. The minimum absolute atomic E-state index is 0.106. The van der Waals surface area contributed by atoms with Crippen LogP contribution < -0.4 is 4.74 Å². The summed E-state index contributed by atoms with van der Waals surface area (Å²) in [5.74, 6) is -4.17. The highest BCUT2D eigenvalue weighted by Gasteiger charge is 2.44. The molecule has 220 valence electrons. The summed E-state index contributed by atoms with van der Waals surface area (Å²) in [6, 6.07) is 4.32. The van der Waals surface area contributed by atoms with Crippen molar-refractivity contribution in [3.05, 3.63) is 76.6 Å². The summed E-state index contributed by atoms with van der Waals surface area (Å²) in [5, 5.41) is 0. The van der Waals surface area contributed by atoms with E-state index in [-0.39, 0.29) is 36.2 Å². The Morgan fingerprint density at radius 1 is 0.750 bits per heavy atom. The summed E-state index contributed by atoms with van der Waals surface area (Å²) in [4.78, 5) is 0. The van der Waals surface area contributed by atoms with E-state index in [4.69, 9.17) is 0 Å². The lowest BCUT2D eigenvalue weighted by Crippen LogP contribution is -2.37. The minimum Gasteiger partial charge on any atom is -0.432 e. The largest absolute Gasteiger partial charge is 0.432 e. The van der Waals surface area contributed by atoms with Crippen LogP contribution in [0.15, 0.2) is 42.5 Å². The number of benzene rings is 2. The van der Waals surface area contributed by atoms with Crippen LogP contribution in [0.1, 0.15) is 87.3 Å². The third-order valence-electron chi connectivity index (χ3n) is 8.26. The summed E-state index contributed by atoms with van der Waals surface area (Å²) in [5.41, 5.74) is -0.683. The van der Waals surface area contributed by atoms with Crippen molar-refractivity contribution in [2.45, 2.75) is 89.3 Å². The van der Waals surface area contributed by atoms with Crippen molar-refractivity contribution in [2.75, 3.05) is 0 Å². The quantitative estimate of drug-likeness (QED) is 0.225. The third-order valence-corrected chi connectivity index (χ3v) is 8.26. The van der Waals surface area contributed by atoms with Gasteiger partial charge in [0.05, 0.1) is 11.5 Å². The number of allylic oxidation sites excluding steroid dienone is 2. The first-order valence-electron chi connectivity index (χ1n) is 14.0. The lowest BCUT2D eigenvalue weighted by Gasteiger charge is -2.33. The first-order chi connectivity index (χ1) is 18.9. The molecule has 0 saturated heterocycles. The molecule has 1 nitrogen and oxygen atoms in total. The Morgan fingerprint density at radius 3 is 1.80 bits per heavy atom. The second kappa shape index (κ2) is 12.5. The van der Waals surface area contributed by atoms with E-state index in [2.05, 4.69) is 10.8 Å². The fourth-order valence-electron chi connectivity index (χ4n) is 6.05. The molecule has 0 aliphatic heterocycles. The van der Waals surface area contributed by atoms with Crippen molar-refractivity contribution >= 4 is 0 Å². The third kappa shape index (κ3) is 7.38. The first kappa shape index (κ1) is 30.4. The van der Waals surface area contributed by atoms with Crippen LogP contribution in [-0.2, 0) is 12.6 Å². The summed E-state index contributed by atoms with van der Waals surface area (Å²) in [6.07, 6.45) is 1.28. The van der Waals surface area contributed by atoms with Crippen LogP contribution in [0.2, 0.25) is 0 Å². The number of rotatable bonds is 8. The van der Waals surface area contributed by atoms with E-state index < -0.39 is 47.0 Å². The zero-order valence-electron chi connectivity index (χ0n) is 22.4. The average molecular weight is 575 g/mol. The normalized spacial score (nSPS) is 24.4. The van der Waals surface area contributed by atoms with Gasteiger partial charge in [0.25, 0.3) is 0 Å². The van der Waals surface area contributed by atoms with Crippen LogP contribution in [0.25, 0.3) is 0 Å². The van der Waals surface area contributed by atoms with Crippen molar-refractivity contribution in [1.82, 2.24) is 0 Å². The maximum absolute atomic E-state index is 14.7. The lowest BCUT2D eigenvalue weighted by molar-refractivity contribution is -0.223. The molecule has 0 aromatic heterocycles. The molecule has 2 aliphatic carbocycles. The number of hydrogen-bond donors (Lipinski definition) is 0. The molecule has 0 unspecified atom stereocenters. The Bertz CT molecular complexity index is 1150. The summed E-state index contributed by atoms with van der Waals surface area (Å²) in [6.45, 7) is 1.96. The van der Waals surface area contributed by atoms with E-state index in [1.807, 2.05) is 13.0 Å². The molecule has 9 heteroatoms. The van der Waals surface area contributed by atoms with E-state index >= 15 is 0 Å². The van der Waals surface area contributed by atoms with Crippen LogP contribution in [-0.4, -0.2) is 6.11 Å². The van der Waals surface area contributed by atoms with Gasteiger partial charge in [-0.05, 0) is 105 Å². The molecule has 4 rings (SSSR count). The van der Waals surface area contributed by atoms with Gasteiger partial charge in [-0.2, -0.15) is 22.0 Å². The van der Waals surface area contributed by atoms with Crippen LogP contribution >= 0.6 is 0 Å². The number of aryl methyl sites for hydroxylation is 1. The van der Waals surface area contributed by atoms with Gasteiger partial charge in [0, 0.05) is 11.6 Å². The Morgan fingerprint density at radius 2 is 1.30 bits per heavy atom. The van der Waals surface area contributed by atoms with Crippen LogP contribution in [0.5, 0.6) is 5.75 Å². The fourth-order valence-corrected chi connectivity index (χ4v) is 6.05. The molecule has 0 atom stereocenters. The molecule has 0 amide bonds. The zero-order chi connectivity index (χ0) is 29.1. The van der Waals surface area contributed by atoms with Gasteiger partial charge in [-0.25, -0.2) is 13.2 Å². The fraction of sp³-hybridized carbons (Fsp3) is 0.548. The average Bonchev–Trinajstić information content (AvgIpc) is 2.87. The predicted molar refractivity (Wildman–Crippen MR) is 137 cm³/mol. The van der Waals surface area contributed by atoms with Crippen molar-refractivity contribution in [2.24, 2.45) is 17.8 Å². The predicted octanol–water partition coefficient (Wildman–Crippen LogP) is 10.4. The van der Waals surface area contributed by atoms with E-state index in [9.17, 15) is 35.1 Å². The number of ether oxygens (including phenoxy) is 1. The van der Waals surface area contributed by atoms with Crippen LogP contribution in [0.4, 0.5) is 35.1 Å². The van der Waals surface area contributed by atoms with Crippen molar-refractivity contribution in [3.63, 3.8) is 0 Å². The highest BCUT2D eigenvalue weighted by Crippen LogP contribution is 2.43. The molecule has 2 fully saturated rings. The minimum atomic E-state index is -4.92. The highest BCUT2D eigenvalue weighted by atomic mass is 19.4. The number of halogens is 8. The second-order valence-electron chi connectivity index (χ2n) is 11.1. The monoisotopic (exact) mass is 574 g/mol. The SMILES string of the molecule is CCCc1cc(F)c(C2CCC(/C=C/C3CCC(C(F)(F)Oc4ccc(C(F)(F)F)c(F)c4)CC3)CC2)c(F)c1. The smallest absolute Gasteiger partial charge is 0.419 e. The molecule has 0 spiro atoms. The Hall–Kier alpha value is -2.58. The molecule has 40 heavy (non-hydrogen) atoms. The second-order valence-corrected chi connectivity index (χ2v) is 11.1. The molecule has 2 aromatic rings. The van der Waals surface area contributed by atoms with Crippen LogP contribution in [0, 0.1) is 35.2 Å². The van der Waals surface area contributed by atoms with Gasteiger partial charge in [-0.1, -0.05) is 25.5 Å². The highest BCUT2D eigenvalue weighted by molar-refractivity contribution is 5.31. The molecule has 0 heterocycles. The number of hydrogen-bond acceptors (Lipinski definition) is 1. The zero-order valence-corrected chi connectivity index (χ0v) is 22.4. The lowest BCUT2D eigenvalue weighted by atomic mass is 9.76. The van der Waals surface area contributed by atoms with Crippen molar-refractivity contribution < 1.29 is 39.9 Å². The van der Waals surface area contributed by atoms with E-state index in [0.29, 0.717) is 55.9 Å². The molecular weight excluding hydrogens is 540 g/mol. The van der Waals surface area contributed by atoms with Crippen LogP contribution in [0.3, 0.4) is 0 Å². The molecule has 0 bridgehead atoms. The van der Waals surface area contributed by atoms with Gasteiger partial charge in [0.2, 0.25) is 0 Å². The van der Waals surface area contributed by atoms with Gasteiger partial charge in [0.15, 0.2) is 0 Å². The van der Waals surface area contributed by atoms with Crippen molar-refractivity contribution in [1.29, 1.82) is 0 Å². The summed E-state index contributed by atoms with van der Waals surface area (Å²) < 4.78 is 115. The Kier molecular flexibility index (Phi) is 9.51.